The quantitative estimate of drug-likeness (QED) is 0.350. The van der Waals surface area contributed by atoms with Crippen molar-refractivity contribution in [2.24, 2.45) is 10.8 Å². The van der Waals surface area contributed by atoms with Crippen molar-refractivity contribution in [3.63, 3.8) is 0 Å². The van der Waals surface area contributed by atoms with Crippen molar-refractivity contribution < 1.29 is 4.74 Å². The maximum absolute atomic E-state index is 5.22. The van der Waals surface area contributed by atoms with Gasteiger partial charge in [0, 0.05) is 0 Å². The van der Waals surface area contributed by atoms with E-state index in [9.17, 15) is 0 Å². The Hall–Kier alpha value is -2.06. The summed E-state index contributed by atoms with van der Waals surface area (Å²) in [6, 6.07) is 7.30. The molecule has 0 spiro atoms. The zero-order valence-corrected chi connectivity index (χ0v) is 9.33. The first-order chi connectivity index (χ1) is 7.72. The third-order valence-corrected chi connectivity index (χ3v) is 1.68. The van der Waals surface area contributed by atoms with Crippen LogP contribution in [0.2, 0.25) is 0 Å². The lowest BCUT2D eigenvalue weighted by atomic mass is 10.2. The van der Waals surface area contributed by atoms with Crippen LogP contribution < -0.4 is 15.9 Å². The van der Waals surface area contributed by atoms with Gasteiger partial charge in [-0.1, -0.05) is 5.92 Å². The van der Waals surface area contributed by atoms with Gasteiger partial charge in [0.2, 0.25) is 0 Å². The Morgan fingerprint density at radius 1 is 1.56 bits per heavy atom. The van der Waals surface area contributed by atoms with Gasteiger partial charge in [-0.15, -0.1) is 6.42 Å². The lowest BCUT2D eigenvalue weighted by molar-refractivity contribution is 0.370. The van der Waals surface area contributed by atoms with Crippen LogP contribution in [-0.4, -0.2) is 17.9 Å². The van der Waals surface area contributed by atoms with Gasteiger partial charge in [0.15, 0.2) is 5.11 Å². The van der Waals surface area contributed by atoms with Gasteiger partial charge >= 0.3 is 0 Å². The monoisotopic (exact) mass is 233 g/mol. The normalized spacial score (nSPS) is 9.69. The van der Waals surface area contributed by atoms with E-state index in [0.717, 1.165) is 11.3 Å². The smallest absolute Gasteiger partial charge is 0.184 e. The fraction of sp³-hybridized carbons (Fsp3) is 0.0909. The molecule has 0 saturated heterocycles. The van der Waals surface area contributed by atoms with E-state index in [0.29, 0.717) is 0 Å². The summed E-state index contributed by atoms with van der Waals surface area (Å²) in [5.74, 6) is 3.11. The van der Waals surface area contributed by atoms with Crippen LogP contribution in [0.4, 0.5) is 0 Å². The maximum atomic E-state index is 5.22. The molecule has 0 radical (unpaired) electrons. The third-order valence-electron chi connectivity index (χ3n) is 1.59. The van der Waals surface area contributed by atoms with E-state index in [1.165, 1.54) is 0 Å². The molecule has 0 fully saturated rings. The van der Waals surface area contributed by atoms with E-state index in [2.05, 4.69) is 28.7 Å². The average Bonchev–Trinajstić information content (AvgIpc) is 2.27. The number of hydrogen-bond acceptors (Lipinski definition) is 3. The molecule has 16 heavy (non-hydrogen) atoms. The highest BCUT2D eigenvalue weighted by Gasteiger charge is 1.92. The highest BCUT2D eigenvalue weighted by atomic mass is 32.1. The Morgan fingerprint density at radius 3 is 2.81 bits per heavy atom. The molecule has 1 aromatic carbocycles. The zero-order chi connectivity index (χ0) is 11.8. The van der Waals surface area contributed by atoms with Gasteiger partial charge in [0.05, 0.1) is 6.21 Å². The van der Waals surface area contributed by atoms with Gasteiger partial charge in [0.1, 0.15) is 12.4 Å². The highest BCUT2D eigenvalue weighted by molar-refractivity contribution is 7.80. The van der Waals surface area contributed by atoms with E-state index in [-0.39, 0.29) is 11.7 Å². The van der Waals surface area contributed by atoms with E-state index in [1.54, 1.807) is 18.3 Å². The highest BCUT2D eigenvalue weighted by Crippen LogP contribution is 2.10. The third kappa shape index (κ3) is 4.44. The number of nitrogens with zero attached hydrogens (tertiary/aromatic N) is 1. The molecule has 0 unspecified atom stereocenters. The molecule has 0 saturated carbocycles. The second-order valence-electron chi connectivity index (χ2n) is 2.80. The predicted octanol–water partition coefficient (Wildman–Crippen LogP) is 0.866. The van der Waals surface area contributed by atoms with Crippen LogP contribution in [0.1, 0.15) is 5.56 Å². The number of hydrazone groups is 1. The van der Waals surface area contributed by atoms with E-state index >= 15 is 0 Å². The molecule has 0 aliphatic carbocycles. The largest absolute Gasteiger partial charge is 0.481 e. The van der Waals surface area contributed by atoms with Crippen LogP contribution in [0.25, 0.3) is 0 Å². The first-order valence-electron chi connectivity index (χ1n) is 4.47. The van der Waals surface area contributed by atoms with E-state index < -0.39 is 0 Å². The van der Waals surface area contributed by atoms with Crippen LogP contribution in [0.3, 0.4) is 0 Å². The van der Waals surface area contributed by atoms with Gasteiger partial charge in [-0.3, -0.25) is 5.43 Å². The molecular formula is C11H11N3OS. The fourth-order valence-corrected chi connectivity index (χ4v) is 0.998. The molecule has 0 atom stereocenters. The number of nitrogens with one attached hydrogen (secondary N) is 1. The van der Waals surface area contributed by atoms with Crippen LogP contribution >= 0.6 is 12.2 Å². The van der Waals surface area contributed by atoms with Crippen molar-refractivity contribution in [3.8, 4) is 18.1 Å². The van der Waals surface area contributed by atoms with Crippen molar-refractivity contribution in [1.82, 2.24) is 5.43 Å². The van der Waals surface area contributed by atoms with Crippen molar-refractivity contribution in [3.05, 3.63) is 29.8 Å². The maximum Gasteiger partial charge on any atom is 0.184 e. The molecule has 0 aliphatic heterocycles. The number of rotatable bonds is 4. The lowest BCUT2D eigenvalue weighted by Gasteiger charge is -2.01. The molecule has 4 nitrogen and oxygen atoms in total. The summed E-state index contributed by atoms with van der Waals surface area (Å²) in [4.78, 5) is 0. The van der Waals surface area contributed by atoms with Crippen LogP contribution in [0.5, 0.6) is 5.75 Å². The summed E-state index contributed by atoms with van der Waals surface area (Å²) < 4.78 is 5.22. The molecule has 0 heterocycles. The lowest BCUT2D eigenvalue weighted by Crippen LogP contribution is -2.23. The molecule has 1 rings (SSSR count). The topological polar surface area (TPSA) is 59.6 Å². The van der Waals surface area contributed by atoms with Crippen LogP contribution in [0, 0.1) is 12.3 Å². The fourth-order valence-electron chi connectivity index (χ4n) is 0.946. The summed E-state index contributed by atoms with van der Waals surface area (Å²) >= 11 is 4.59. The molecule has 0 aliphatic rings. The number of benzene rings is 1. The number of thiocarbonyl (C=S) groups is 1. The Balaban J connectivity index is 2.54. The Labute approximate surface area is 99.5 Å². The van der Waals surface area contributed by atoms with Crippen LogP contribution in [-0.2, 0) is 0 Å². The predicted molar refractivity (Wildman–Crippen MR) is 68.3 cm³/mol. The number of nitrogens with two attached hydrogens (primary N) is 1. The van der Waals surface area contributed by atoms with Crippen LogP contribution in [0.15, 0.2) is 29.4 Å². The molecule has 5 heteroatoms. The molecule has 0 aromatic heterocycles. The second kappa shape index (κ2) is 6.43. The second-order valence-corrected chi connectivity index (χ2v) is 3.24. The Morgan fingerprint density at radius 2 is 2.25 bits per heavy atom. The standard InChI is InChI=1S/C11H11N3OS/c1-2-7-15-10-5-3-9(4-6-10)8-13-14-11(12)16/h1,3-6,8H,7H2,(H3,12,14,16). The summed E-state index contributed by atoms with van der Waals surface area (Å²) in [6.07, 6.45) is 6.67. The van der Waals surface area contributed by atoms with Gasteiger partial charge in [-0.05, 0) is 42.0 Å². The van der Waals surface area contributed by atoms with Crippen molar-refractivity contribution in [2.75, 3.05) is 6.61 Å². The SMILES string of the molecule is C#CCOc1ccc(C=NNC(N)=S)cc1. The van der Waals surface area contributed by atoms with Crippen molar-refractivity contribution in [2.45, 2.75) is 0 Å². The molecule has 82 valence electrons. The summed E-state index contributed by atoms with van der Waals surface area (Å²) in [7, 11) is 0. The summed E-state index contributed by atoms with van der Waals surface area (Å²) in [6.45, 7) is 0.260. The summed E-state index contributed by atoms with van der Waals surface area (Å²) in [5.41, 5.74) is 8.57. The Bertz CT molecular complexity index is 420. The number of hydrogen-bond donors (Lipinski definition) is 2. The van der Waals surface area contributed by atoms with Gasteiger partial charge < -0.3 is 10.5 Å². The van der Waals surface area contributed by atoms with Gasteiger partial charge in [0.25, 0.3) is 0 Å². The minimum atomic E-state index is 0.130. The molecule has 3 N–H and O–H groups in total. The minimum absolute atomic E-state index is 0.130. The number of ether oxygens (including phenoxy) is 1. The zero-order valence-electron chi connectivity index (χ0n) is 8.51. The van der Waals surface area contributed by atoms with Crippen molar-refractivity contribution in [1.29, 1.82) is 0 Å². The molecule has 0 amide bonds. The molecule has 0 bridgehead atoms. The van der Waals surface area contributed by atoms with Gasteiger partial charge in [-0.25, -0.2) is 0 Å². The molecule has 1 aromatic rings. The van der Waals surface area contributed by atoms with E-state index in [1.807, 2.05) is 12.1 Å². The minimum Gasteiger partial charge on any atom is -0.481 e. The molecular weight excluding hydrogens is 222 g/mol. The number of terminal acetylenes is 1. The van der Waals surface area contributed by atoms with Crippen molar-refractivity contribution >= 4 is 23.5 Å². The Kier molecular flexibility index (Phi) is 4.83. The summed E-state index contributed by atoms with van der Waals surface area (Å²) in [5, 5.41) is 3.95. The van der Waals surface area contributed by atoms with Gasteiger partial charge in [-0.2, -0.15) is 5.10 Å². The first kappa shape index (κ1) is 12.0. The average molecular weight is 233 g/mol. The van der Waals surface area contributed by atoms with E-state index in [4.69, 9.17) is 16.9 Å². The first-order valence-corrected chi connectivity index (χ1v) is 4.88.